The van der Waals surface area contributed by atoms with Crippen LogP contribution in [0.1, 0.15) is 18.4 Å². The molecule has 0 spiro atoms. The molecule has 0 amide bonds. The van der Waals surface area contributed by atoms with Crippen LogP contribution in [0, 0.1) is 5.92 Å². The van der Waals surface area contributed by atoms with E-state index in [-0.39, 0.29) is 5.84 Å². The number of amidine groups is 1. The minimum absolute atomic E-state index is 0.0964. The summed E-state index contributed by atoms with van der Waals surface area (Å²) in [4.78, 5) is 0. The van der Waals surface area contributed by atoms with Crippen molar-refractivity contribution in [3.63, 3.8) is 0 Å². The second-order valence-electron chi connectivity index (χ2n) is 5.13. The van der Waals surface area contributed by atoms with Gasteiger partial charge in [0, 0.05) is 25.3 Å². The van der Waals surface area contributed by atoms with E-state index in [4.69, 9.17) is 20.4 Å². The molecular weight excluding hydrogens is 270 g/mol. The lowest BCUT2D eigenvalue weighted by Gasteiger charge is -2.10. The van der Waals surface area contributed by atoms with Crippen molar-refractivity contribution in [3.8, 4) is 5.75 Å². The largest absolute Gasteiger partial charge is 0.492 e. The van der Waals surface area contributed by atoms with Crippen molar-refractivity contribution < 1.29 is 14.7 Å². The molecule has 0 aliphatic carbocycles. The van der Waals surface area contributed by atoms with Gasteiger partial charge in [-0.3, -0.25) is 0 Å². The Morgan fingerprint density at radius 3 is 2.86 bits per heavy atom. The van der Waals surface area contributed by atoms with Crippen LogP contribution in [0.2, 0.25) is 0 Å². The summed E-state index contributed by atoms with van der Waals surface area (Å²) in [5.41, 5.74) is 6.16. The van der Waals surface area contributed by atoms with Crippen LogP contribution in [0.3, 0.4) is 0 Å². The van der Waals surface area contributed by atoms with E-state index >= 15 is 0 Å². The fraction of sp³-hybridized carbons (Fsp3) is 0.533. The van der Waals surface area contributed by atoms with Crippen LogP contribution in [0.5, 0.6) is 5.75 Å². The normalized spacial score (nSPS) is 18.9. The maximum atomic E-state index is 8.58. The molecular formula is C15H23N3O3. The highest BCUT2D eigenvalue weighted by Gasteiger charge is 2.14. The molecule has 1 atom stereocenters. The quantitative estimate of drug-likeness (QED) is 0.220. The van der Waals surface area contributed by atoms with Gasteiger partial charge >= 0.3 is 0 Å². The molecule has 4 N–H and O–H groups in total. The first-order chi connectivity index (χ1) is 10.3. The molecule has 1 aliphatic heterocycles. The molecule has 21 heavy (non-hydrogen) atoms. The van der Waals surface area contributed by atoms with Gasteiger partial charge in [0.25, 0.3) is 0 Å². The van der Waals surface area contributed by atoms with E-state index in [9.17, 15) is 0 Å². The van der Waals surface area contributed by atoms with Gasteiger partial charge in [0.05, 0.1) is 0 Å². The number of ether oxygens (including phenoxy) is 2. The van der Waals surface area contributed by atoms with Gasteiger partial charge in [0.15, 0.2) is 5.84 Å². The fourth-order valence-corrected chi connectivity index (χ4v) is 2.26. The summed E-state index contributed by atoms with van der Waals surface area (Å²) in [6, 6.07) is 7.14. The van der Waals surface area contributed by atoms with Crippen molar-refractivity contribution in [3.05, 3.63) is 29.8 Å². The number of hydrogen-bond donors (Lipinski definition) is 3. The van der Waals surface area contributed by atoms with Crippen LogP contribution < -0.4 is 15.8 Å². The lowest BCUT2D eigenvalue weighted by atomic mass is 10.1. The number of nitrogens with zero attached hydrogens (tertiary/aromatic N) is 1. The molecule has 1 fully saturated rings. The van der Waals surface area contributed by atoms with Crippen molar-refractivity contribution in [1.82, 2.24) is 5.32 Å². The molecule has 1 heterocycles. The third-order valence-corrected chi connectivity index (χ3v) is 3.56. The smallest absolute Gasteiger partial charge is 0.170 e. The second kappa shape index (κ2) is 8.49. The third-order valence-electron chi connectivity index (χ3n) is 3.56. The summed E-state index contributed by atoms with van der Waals surface area (Å²) in [5.74, 6) is 1.58. The Bertz CT molecular complexity index is 442. The Morgan fingerprint density at radius 2 is 2.19 bits per heavy atom. The first-order valence-electron chi connectivity index (χ1n) is 7.29. The lowest BCUT2D eigenvalue weighted by molar-refractivity contribution is 0.184. The molecule has 1 unspecified atom stereocenters. The van der Waals surface area contributed by atoms with Gasteiger partial charge < -0.3 is 25.7 Å². The number of rotatable bonds is 8. The summed E-state index contributed by atoms with van der Waals surface area (Å²) in [6.45, 7) is 4.25. The molecule has 1 saturated heterocycles. The van der Waals surface area contributed by atoms with Crippen molar-refractivity contribution in [2.75, 3.05) is 32.9 Å². The molecule has 116 valence electrons. The molecule has 2 rings (SSSR count). The number of nitrogens with two attached hydrogens (primary N) is 1. The molecule has 0 radical (unpaired) electrons. The molecule has 0 saturated carbocycles. The predicted molar refractivity (Wildman–Crippen MR) is 80.9 cm³/mol. The minimum atomic E-state index is 0.0964. The standard InChI is InChI=1S/C15H23N3O3/c16-15(18-19)13-1-3-14(4-2-13)21-10-8-17-7-5-12-6-9-20-11-12/h1-4,12,17,19H,5-11H2,(H2,16,18). The zero-order valence-corrected chi connectivity index (χ0v) is 12.1. The lowest BCUT2D eigenvalue weighted by Crippen LogP contribution is -2.23. The Morgan fingerprint density at radius 1 is 1.38 bits per heavy atom. The zero-order valence-electron chi connectivity index (χ0n) is 12.1. The van der Waals surface area contributed by atoms with E-state index in [2.05, 4.69) is 10.5 Å². The van der Waals surface area contributed by atoms with Crippen LogP contribution in [-0.4, -0.2) is 44.0 Å². The van der Waals surface area contributed by atoms with Gasteiger partial charge in [-0.05, 0) is 49.6 Å². The van der Waals surface area contributed by atoms with Gasteiger partial charge in [-0.1, -0.05) is 5.16 Å². The Hall–Kier alpha value is -1.79. The fourth-order valence-electron chi connectivity index (χ4n) is 2.26. The zero-order chi connectivity index (χ0) is 14.9. The average Bonchev–Trinajstić information content (AvgIpc) is 3.04. The Labute approximate surface area is 124 Å². The van der Waals surface area contributed by atoms with Gasteiger partial charge in [0.1, 0.15) is 12.4 Å². The van der Waals surface area contributed by atoms with Crippen LogP contribution in [0.15, 0.2) is 29.4 Å². The van der Waals surface area contributed by atoms with Crippen molar-refractivity contribution in [1.29, 1.82) is 0 Å². The molecule has 0 aromatic heterocycles. The number of oxime groups is 1. The van der Waals surface area contributed by atoms with Gasteiger partial charge in [-0.2, -0.15) is 0 Å². The topological polar surface area (TPSA) is 89.1 Å². The van der Waals surface area contributed by atoms with E-state index in [1.807, 2.05) is 12.1 Å². The second-order valence-corrected chi connectivity index (χ2v) is 5.13. The predicted octanol–water partition coefficient (Wildman–Crippen LogP) is 1.18. The average molecular weight is 293 g/mol. The van der Waals surface area contributed by atoms with Crippen LogP contribution in [0.25, 0.3) is 0 Å². The SMILES string of the molecule is N/C(=N/O)c1ccc(OCCNCCC2CCOC2)cc1. The van der Waals surface area contributed by atoms with E-state index in [0.29, 0.717) is 18.1 Å². The monoisotopic (exact) mass is 293 g/mol. The van der Waals surface area contributed by atoms with Gasteiger partial charge in [-0.15, -0.1) is 0 Å². The highest BCUT2D eigenvalue weighted by molar-refractivity contribution is 5.97. The van der Waals surface area contributed by atoms with E-state index in [1.165, 1.54) is 6.42 Å². The summed E-state index contributed by atoms with van der Waals surface area (Å²) in [7, 11) is 0. The number of nitrogens with one attached hydrogen (secondary N) is 1. The minimum Gasteiger partial charge on any atom is -0.492 e. The van der Waals surface area contributed by atoms with Crippen molar-refractivity contribution in [2.24, 2.45) is 16.8 Å². The first kappa shape index (κ1) is 15.6. The van der Waals surface area contributed by atoms with Crippen molar-refractivity contribution >= 4 is 5.84 Å². The number of hydrogen-bond acceptors (Lipinski definition) is 5. The third kappa shape index (κ3) is 5.24. The van der Waals surface area contributed by atoms with E-state index in [1.54, 1.807) is 12.1 Å². The van der Waals surface area contributed by atoms with Crippen molar-refractivity contribution in [2.45, 2.75) is 12.8 Å². The molecule has 0 bridgehead atoms. The van der Waals surface area contributed by atoms with E-state index < -0.39 is 0 Å². The van der Waals surface area contributed by atoms with Crippen LogP contribution in [-0.2, 0) is 4.74 Å². The highest BCUT2D eigenvalue weighted by atomic mass is 16.5. The van der Waals surface area contributed by atoms with Gasteiger partial charge in [-0.25, -0.2) is 0 Å². The Balaban J connectivity index is 1.58. The highest BCUT2D eigenvalue weighted by Crippen LogP contribution is 2.15. The van der Waals surface area contributed by atoms with Crippen LogP contribution >= 0.6 is 0 Å². The van der Waals surface area contributed by atoms with Crippen LogP contribution in [0.4, 0.5) is 0 Å². The maximum absolute atomic E-state index is 8.58. The molecule has 6 heteroatoms. The first-order valence-corrected chi connectivity index (χ1v) is 7.29. The maximum Gasteiger partial charge on any atom is 0.170 e. The Kier molecular flexibility index (Phi) is 6.30. The summed E-state index contributed by atoms with van der Waals surface area (Å²) < 4.78 is 11.0. The molecule has 1 aromatic rings. The molecule has 1 aliphatic rings. The number of benzene rings is 1. The molecule has 6 nitrogen and oxygen atoms in total. The van der Waals surface area contributed by atoms with E-state index in [0.717, 1.165) is 38.5 Å². The summed E-state index contributed by atoms with van der Waals surface area (Å²) >= 11 is 0. The molecule has 1 aromatic carbocycles. The summed E-state index contributed by atoms with van der Waals surface area (Å²) in [5, 5.41) is 14.9. The summed E-state index contributed by atoms with van der Waals surface area (Å²) in [6.07, 6.45) is 2.35. The van der Waals surface area contributed by atoms with Gasteiger partial charge in [0.2, 0.25) is 0 Å².